The first-order valence-electron chi connectivity index (χ1n) is 16.5. The van der Waals surface area contributed by atoms with E-state index in [1.54, 1.807) is 18.1 Å². The second-order valence-corrected chi connectivity index (χ2v) is 11.1. The Morgan fingerprint density at radius 2 is 1.74 bits per heavy atom. The highest BCUT2D eigenvalue weighted by atomic mass is 16.5. The molecule has 2 aromatic carbocycles. The van der Waals surface area contributed by atoms with Crippen LogP contribution in [0.1, 0.15) is 109 Å². The molecule has 1 unspecified atom stereocenters. The summed E-state index contributed by atoms with van der Waals surface area (Å²) < 4.78 is 10.5. The van der Waals surface area contributed by atoms with Gasteiger partial charge in [0.15, 0.2) is 0 Å². The van der Waals surface area contributed by atoms with Gasteiger partial charge in [-0.2, -0.15) is 0 Å². The van der Waals surface area contributed by atoms with Crippen molar-refractivity contribution in [3.05, 3.63) is 113 Å². The van der Waals surface area contributed by atoms with E-state index < -0.39 is 0 Å². The van der Waals surface area contributed by atoms with E-state index >= 15 is 0 Å². The number of hydrogen-bond acceptors (Lipinski definition) is 4. The van der Waals surface area contributed by atoms with Crippen LogP contribution in [0, 0.1) is 6.92 Å². The molecule has 0 bridgehead atoms. The number of methoxy groups -OCH3 is 1. The predicted octanol–water partition coefficient (Wildman–Crippen LogP) is 11.3. The third-order valence-electron chi connectivity index (χ3n) is 7.68. The highest BCUT2D eigenvalue weighted by Crippen LogP contribution is 2.31. The second-order valence-electron chi connectivity index (χ2n) is 11.1. The number of amides is 1. The SMILES string of the molecule is C=Cc1oc2ccc(C(C)N/C(=C/C)C(=O)N(C/C=C(\C)CC)C(=C)c3ccccc3C)cc2c1/C=C\C.CCCC.CCOC. The summed E-state index contributed by atoms with van der Waals surface area (Å²) in [7, 11) is 1.68. The van der Waals surface area contributed by atoms with Crippen LogP contribution in [0.15, 0.2) is 89.5 Å². The Morgan fingerprint density at radius 3 is 2.26 bits per heavy atom. The molecule has 0 radical (unpaired) electrons. The van der Waals surface area contributed by atoms with Gasteiger partial charge >= 0.3 is 0 Å². The molecule has 0 aliphatic heterocycles. The zero-order valence-corrected chi connectivity index (χ0v) is 30.1. The number of rotatable bonds is 13. The van der Waals surface area contributed by atoms with Crippen molar-refractivity contribution in [1.82, 2.24) is 10.2 Å². The monoisotopic (exact) mass is 626 g/mol. The number of fused-ring (bicyclic) bond motifs is 1. The molecule has 1 N–H and O–H groups in total. The van der Waals surface area contributed by atoms with E-state index in [1.807, 2.05) is 82.3 Å². The number of nitrogens with one attached hydrogen (secondary N) is 1. The van der Waals surface area contributed by atoms with Gasteiger partial charge in [-0.25, -0.2) is 0 Å². The third kappa shape index (κ3) is 11.7. The number of carbonyl (C=O) groups excluding carboxylic acids is 1. The number of hydrogen-bond donors (Lipinski definition) is 1. The van der Waals surface area contributed by atoms with Gasteiger partial charge in [-0.05, 0) is 77.3 Å². The van der Waals surface area contributed by atoms with Crippen molar-refractivity contribution >= 4 is 34.7 Å². The molecule has 250 valence electrons. The summed E-state index contributed by atoms with van der Waals surface area (Å²) in [6.07, 6.45) is 13.3. The van der Waals surface area contributed by atoms with Gasteiger partial charge in [-0.3, -0.25) is 4.79 Å². The smallest absolute Gasteiger partial charge is 0.274 e. The molecule has 5 heteroatoms. The molecule has 5 nitrogen and oxygen atoms in total. The molecule has 1 aromatic heterocycles. The van der Waals surface area contributed by atoms with Crippen molar-refractivity contribution in [1.29, 1.82) is 0 Å². The van der Waals surface area contributed by atoms with Gasteiger partial charge in [0, 0.05) is 48.5 Å². The first kappa shape index (κ1) is 39.9. The van der Waals surface area contributed by atoms with Gasteiger partial charge in [0.05, 0.1) is 5.70 Å². The summed E-state index contributed by atoms with van der Waals surface area (Å²) in [6.45, 7) is 28.0. The lowest BCUT2D eigenvalue weighted by Crippen LogP contribution is -2.36. The fourth-order valence-corrected chi connectivity index (χ4v) is 4.39. The van der Waals surface area contributed by atoms with E-state index in [9.17, 15) is 4.79 Å². The van der Waals surface area contributed by atoms with Crippen molar-refractivity contribution in [2.75, 3.05) is 20.3 Å². The van der Waals surface area contributed by atoms with Crippen LogP contribution in [-0.2, 0) is 9.53 Å². The lowest BCUT2D eigenvalue weighted by Gasteiger charge is -2.28. The molecule has 1 heterocycles. The standard InChI is InChI=1S/C34H40N2O2.C4H10.C3H8O/c1-9-15-29-30-22-27(18-19-33(30)38-32(29)12-4)25(7)35-31(11-3)34(37)36(21-20-23(5)10-2)26(8)28-17-14-13-16-24(28)6;2*1-3-4-2/h9,11-20,22,25,35H,4,8,10,21H2,1-3,5-7H3;3-4H2,1-2H3;3H2,1-2H3/b15-9-,23-20+,31-11+;;. The highest BCUT2D eigenvalue weighted by Gasteiger charge is 2.23. The molecule has 3 aromatic rings. The Balaban J connectivity index is 0.00000118. The average Bonchev–Trinajstić information content (AvgIpc) is 3.43. The molecule has 3 rings (SSSR count). The fourth-order valence-electron chi connectivity index (χ4n) is 4.39. The normalized spacial score (nSPS) is 12.1. The fraction of sp³-hybridized carbons (Fsp3) is 0.390. The number of nitrogens with zero attached hydrogens (tertiary/aromatic N) is 1. The number of aryl methyl sites for hydroxylation is 1. The summed E-state index contributed by atoms with van der Waals surface area (Å²) in [5.41, 5.74) is 7.37. The molecule has 0 fully saturated rings. The Labute approximate surface area is 279 Å². The quantitative estimate of drug-likeness (QED) is 0.151. The van der Waals surface area contributed by atoms with Crippen LogP contribution in [0.5, 0.6) is 0 Å². The minimum Gasteiger partial charge on any atom is -0.456 e. The molecule has 0 saturated heterocycles. The van der Waals surface area contributed by atoms with Crippen LogP contribution in [-0.4, -0.2) is 31.1 Å². The molecule has 1 amide bonds. The van der Waals surface area contributed by atoms with Crippen molar-refractivity contribution in [3.8, 4) is 0 Å². The van der Waals surface area contributed by atoms with Crippen LogP contribution in [0.25, 0.3) is 28.8 Å². The minimum absolute atomic E-state index is 0.110. The molecule has 0 aliphatic rings. The summed E-state index contributed by atoms with van der Waals surface area (Å²) >= 11 is 0. The van der Waals surface area contributed by atoms with E-state index in [1.165, 1.54) is 18.4 Å². The van der Waals surface area contributed by atoms with Crippen LogP contribution >= 0.6 is 0 Å². The number of carbonyl (C=O) groups is 1. The Hall–Kier alpha value is -4.09. The second kappa shape index (κ2) is 21.6. The summed E-state index contributed by atoms with van der Waals surface area (Å²) in [5.74, 6) is 0.640. The van der Waals surface area contributed by atoms with Gasteiger partial charge in [-0.15, -0.1) is 0 Å². The van der Waals surface area contributed by atoms with E-state index in [-0.39, 0.29) is 11.9 Å². The average molecular weight is 627 g/mol. The summed E-state index contributed by atoms with van der Waals surface area (Å²) in [5, 5.41) is 4.48. The van der Waals surface area contributed by atoms with E-state index in [0.29, 0.717) is 17.9 Å². The Morgan fingerprint density at radius 1 is 1.09 bits per heavy atom. The van der Waals surface area contributed by atoms with Crippen molar-refractivity contribution < 1.29 is 13.9 Å². The molecule has 0 aliphatic carbocycles. The van der Waals surface area contributed by atoms with Gasteiger partial charge in [-0.1, -0.05) is 107 Å². The summed E-state index contributed by atoms with van der Waals surface area (Å²) in [6, 6.07) is 14.0. The zero-order valence-electron chi connectivity index (χ0n) is 30.1. The number of ether oxygens (including phenoxy) is 1. The molecular formula is C41H58N2O3. The number of allylic oxidation sites excluding steroid dienone is 3. The van der Waals surface area contributed by atoms with Crippen molar-refractivity contribution in [2.45, 2.75) is 87.6 Å². The third-order valence-corrected chi connectivity index (χ3v) is 7.68. The topological polar surface area (TPSA) is 54.7 Å². The first-order valence-corrected chi connectivity index (χ1v) is 16.5. The van der Waals surface area contributed by atoms with E-state index in [0.717, 1.165) is 52.0 Å². The number of benzene rings is 2. The van der Waals surface area contributed by atoms with Gasteiger partial charge in [0.1, 0.15) is 11.3 Å². The molecule has 1 atom stereocenters. The lowest BCUT2D eigenvalue weighted by atomic mass is 10.0. The van der Waals surface area contributed by atoms with Crippen LogP contribution in [0.3, 0.4) is 0 Å². The minimum atomic E-state index is -0.114. The van der Waals surface area contributed by atoms with Crippen LogP contribution in [0.2, 0.25) is 0 Å². The van der Waals surface area contributed by atoms with E-state index in [2.05, 4.69) is 70.0 Å². The van der Waals surface area contributed by atoms with Crippen LogP contribution < -0.4 is 5.32 Å². The summed E-state index contributed by atoms with van der Waals surface area (Å²) in [4.78, 5) is 15.7. The van der Waals surface area contributed by atoms with Gasteiger partial charge < -0.3 is 19.4 Å². The van der Waals surface area contributed by atoms with Crippen molar-refractivity contribution in [2.24, 2.45) is 0 Å². The zero-order chi connectivity index (χ0) is 34.6. The Bertz CT molecular complexity index is 1480. The molecule has 0 spiro atoms. The van der Waals surface area contributed by atoms with Gasteiger partial charge in [0.25, 0.3) is 5.91 Å². The highest BCUT2D eigenvalue weighted by molar-refractivity contribution is 5.98. The predicted molar refractivity (Wildman–Crippen MR) is 200 cm³/mol. The number of furan rings is 1. The Kier molecular flexibility index (Phi) is 18.8. The molecule has 46 heavy (non-hydrogen) atoms. The maximum Gasteiger partial charge on any atom is 0.274 e. The maximum absolute atomic E-state index is 13.9. The molecular weight excluding hydrogens is 568 g/mol. The maximum atomic E-state index is 13.9. The number of unbranched alkanes of at least 4 members (excludes halogenated alkanes) is 1. The largest absolute Gasteiger partial charge is 0.456 e. The van der Waals surface area contributed by atoms with E-state index in [4.69, 9.17) is 4.42 Å². The van der Waals surface area contributed by atoms with Crippen LogP contribution in [0.4, 0.5) is 0 Å². The lowest BCUT2D eigenvalue weighted by molar-refractivity contribution is -0.124. The van der Waals surface area contributed by atoms with Crippen molar-refractivity contribution in [3.63, 3.8) is 0 Å². The first-order chi connectivity index (χ1) is 22.1. The molecule has 0 saturated carbocycles. The van der Waals surface area contributed by atoms with Gasteiger partial charge in [0.2, 0.25) is 0 Å².